The van der Waals surface area contributed by atoms with Crippen molar-refractivity contribution >= 4 is 0 Å². The number of imidazole rings is 1. The molecule has 1 saturated heterocycles. The Balaban J connectivity index is 1.52. The predicted octanol–water partition coefficient (Wildman–Crippen LogP) is 5.19. The summed E-state index contributed by atoms with van der Waals surface area (Å²) in [6, 6.07) is 13.9. The lowest BCUT2D eigenvalue weighted by Crippen LogP contribution is -2.40. The molecule has 0 radical (unpaired) electrons. The third-order valence-corrected chi connectivity index (χ3v) is 5.30. The molecule has 1 fully saturated rings. The molecule has 0 aliphatic carbocycles. The number of alkyl halides is 3. The monoisotopic (exact) mass is 400 g/mol. The Morgan fingerprint density at radius 2 is 1.90 bits per heavy atom. The predicted molar refractivity (Wildman–Crippen MR) is 106 cm³/mol. The second-order valence-corrected chi connectivity index (χ2v) is 7.58. The topological polar surface area (TPSA) is 44.8 Å². The minimum absolute atomic E-state index is 0.0184. The van der Waals surface area contributed by atoms with Gasteiger partial charge in [-0.1, -0.05) is 30.3 Å². The van der Waals surface area contributed by atoms with Gasteiger partial charge in [-0.3, -0.25) is 9.88 Å². The number of hydrogen-bond donors (Lipinski definition) is 1. The van der Waals surface area contributed by atoms with Gasteiger partial charge in [0.2, 0.25) is 0 Å². The van der Waals surface area contributed by atoms with E-state index >= 15 is 0 Å². The number of hydrogen-bond acceptors (Lipinski definition) is 3. The first kappa shape index (κ1) is 19.6. The second-order valence-electron chi connectivity index (χ2n) is 7.58. The van der Waals surface area contributed by atoms with Crippen molar-refractivity contribution in [3.05, 3.63) is 60.2 Å². The van der Waals surface area contributed by atoms with Gasteiger partial charge in [0.15, 0.2) is 0 Å². The van der Waals surface area contributed by atoms with E-state index in [2.05, 4.69) is 9.97 Å². The number of pyridine rings is 1. The molecule has 1 N–H and O–H groups in total. The number of aromatic amines is 1. The first-order valence-electron chi connectivity index (χ1n) is 9.76. The SMILES string of the molecule is Cc1[nH]c(C2CCCN(CC(F)(F)F)C2)nc1-c1ccc(-c2ccccc2)nc1. The van der Waals surface area contributed by atoms with Crippen molar-refractivity contribution in [2.24, 2.45) is 0 Å². The number of nitrogens with one attached hydrogen (secondary N) is 1. The third-order valence-electron chi connectivity index (χ3n) is 5.30. The van der Waals surface area contributed by atoms with Crippen LogP contribution in [0.1, 0.15) is 30.3 Å². The number of likely N-dealkylation sites (tertiary alicyclic amines) is 1. The zero-order valence-corrected chi connectivity index (χ0v) is 16.2. The van der Waals surface area contributed by atoms with Crippen molar-refractivity contribution in [2.45, 2.75) is 31.9 Å². The minimum atomic E-state index is -4.17. The first-order valence-corrected chi connectivity index (χ1v) is 9.76. The van der Waals surface area contributed by atoms with E-state index in [1.54, 1.807) is 6.20 Å². The van der Waals surface area contributed by atoms with Gasteiger partial charge in [0.1, 0.15) is 5.82 Å². The summed E-state index contributed by atoms with van der Waals surface area (Å²) in [6.45, 7) is 1.93. The van der Waals surface area contributed by atoms with E-state index in [0.29, 0.717) is 13.1 Å². The molecule has 0 saturated carbocycles. The van der Waals surface area contributed by atoms with E-state index in [1.165, 1.54) is 4.90 Å². The minimum Gasteiger partial charge on any atom is -0.345 e. The van der Waals surface area contributed by atoms with Gasteiger partial charge in [-0.2, -0.15) is 13.2 Å². The summed E-state index contributed by atoms with van der Waals surface area (Å²) < 4.78 is 38.2. The van der Waals surface area contributed by atoms with Gasteiger partial charge in [0.25, 0.3) is 0 Å². The highest BCUT2D eigenvalue weighted by atomic mass is 19.4. The second kappa shape index (κ2) is 7.99. The fraction of sp³-hybridized carbons (Fsp3) is 0.364. The summed E-state index contributed by atoms with van der Waals surface area (Å²) >= 11 is 0. The molecule has 0 amide bonds. The van der Waals surface area contributed by atoms with Crippen molar-refractivity contribution in [1.82, 2.24) is 19.9 Å². The molecule has 4 rings (SSSR count). The van der Waals surface area contributed by atoms with E-state index in [-0.39, 0.29) is 5.92 Å². The van der Waals surface area contributed by atoms with Gasteiger partial charge < -0.3 is 4.98 Å². The highest BCUT2D eigenvalue weighted by molar-refractivity contribution is 5.66. The Bertz CT molecular complexity index is 948. The lowest BCUT2D eigenvalue weighted by molar-refractivity contribution is -0.148. The molecule has 4 nitrogen and oxygen atoms in total. The van der Waals surface area contributed by atoms with Crippen molar-refractivity contribution in [3.8, 4) is 22.5 Å². The molecule has 1 aliphatic rings. The van der Waals surface area contributed by atoms with Crippen molar-refractivity contribution in [3.63, 3.8) is 0 Å². The molecule has 0 bridgehead atoms. The Morgan fingerprint density at radius 1 is 1.10 bits per heavy atom. The number of nitrogens with zero attached hydrogens (tertiary/aromatic N) is 3. The molecule has 1 aromatic carbocycles. The highest BCUT2D eigenvalue weighted by Gasteiger charge is 2.34. The van der Waals surface area contributed by atoms with Crippen molar-refractivity contribution in [2.75, 3.05) is 19.6 Å². The number of H-pyrrole nitrogens is 1. The average Bonchev–Trinajstić information content (AvgIpc) is 3.09. The van der Waals surface area contributed by atoms with Crippen molar-refractivity contribution in [1.29, 1.82) is 0 Å². The van der Waals surface area contributed by atoms with Crippen LogP contribution in [0.25, 0.3) is 22.5 Å². The number of halogens is 3. The fourth-order valence-corrected chi connectivity index (χ4v) is 3.95. The lowest BCUT2D eigenvalue weighted by Gasteiger charge is -2.32. The summed E-state index contributed by atoms with van der Waals surface area (Å²) in [7, 11) is 0. The maximum absolute atomic E-state index is 12.7. The van der Waals surface area contributed by atoms with E-state index in [0.717, 1.165) is 46.9 Å². The first-order chi connectivity index (χ1) is 13.9. The Kier molecular flexibility index (Phi) is 5.41. The molecule has 1 atom stereocenters. The maximum atomic E-state index is 12.7. The fourth-order valence-electron chi connectivity index (χ4n) is 3.95. The molecular weight excluding hydrogens is 377 g/mol. The quantitative estimate of drug-likeness (QED) is 0.656. The van der Waals surface area contributed by atoms with Crippen LogP contribution < -0.4 is 0 Å². The van der Waals surface area contributed by atoms with Crippen LogP contribution >= 0.6 is 0 Å². The summed E-state index contributed by atoms with van der Waals surface area (Å²) in [5, 5.41) is 0. The molecule has 2 aromatic heterocycles. The van der Waals surface area contributed by atoms with E-state index < -0.39 is 12.7 Å². The van der Waals surface area contributed by atoms with E-state index in [9.17, 15) is 13.2 Å². The molecule has 1 aliphatic heterocycles. The zero-order valence-electron chi connectivity index (χ0n) is 16.2. The van der Waals surface area contributed by atoms with Crippen LogP contribution in [-0.4, -0.2) is 45.7 Å². The van der Waals surface area contributed by atoms with Crippen LogP contribution in [0.5, 0.6) is 0 Å². The third kappa shape index (κ3) is 4.67. The number of aryl methyl sites for hydroxylation is 1. The molecule has 3 aromatic rings. The maximum Gasteiger partial charge on any atom is 0.401 e. The standard InChI is InChI=1S/C22H23F3N4/c1-15-20(17-9-10-19(26-12-17)16-6-3-2-4-7-16)28-21(27-15)18-8-5-11-29(13-18)14-22(23,24)25/h2-4,6-7,9-10,12,18H,5,8,11,13-14H2,1H3,(H,27,28). The van der Waals surface area contributed by atoms with Crippen LogP contribution in [-0.2, 0) is 0 Å². The van der Waals surface area contributed by atoms with Gasteiger partial charge >= 0.3 is 6.18 Å². The molecule has 1 unspecified atom stereocenters. The summed E-state index contributed by atoms with van der Waals surface area (Å²) in [5.41, 5.74) is 4.54. The Labute approximate surface area is 167 Å². The Morgan fingerprint density at radius 3 is 2.59 bits per heavy atom. The number of aromatic nitrogens is 3. The number of benzene rings is 1. The van der Waals surface area contributed by atoms with Gasteiger partial charge in [-0.15, -0.1) is 0 Å². The molecule has 0 spiro atoms. The highest BCUT2D eigenvalue weighted by Crippen LogP contribution is 2.31. The molecule has 152 valence electrons. The van der Waals surface area contributed by atoms with Crippen LogP contribution in [0.4, 0.5) is 13.2 Å². The van der Waals surface area contributed by atoms with Gasteiger partial charge in [-0.05, 0) is 38.4 Å². The summed E-state index contributed by atoms with van der Waals surface area (Å²) in [5.74, 6) is 0.742. The number of piperidine rings is 1. The largest absolute Gasteiger partial charge is 0.401 e. The molecule has 29 heavy (non-hydrogen) atoms. The van der Waals surface area contributed by atoms with Gasteiger partial charge in [-0.25, -0.2) is 4.98 Å². The Hall–Kier alpha value is -2.67. The van der Waals surface area contributed by atoms with Crippen molar-refractivity contribution < 1.29 is 13.2 Å². The zero-order chi connectivity index (χ0) is 20.4. The normalized spacial score (nSPS) is 18.1. The molecular formula is C22H23F3N4. The molecule has 7 heteroatoms. The van der Waals surface area contributed by atoms with E-state index in [1.807, 2.05) is 49.4 Å². The van der Waals surface area contributed by atoms with Crippen LogP contribution in [0.2, 0.25) is 0 Å². The summed E-state index contributed by atoms with van der Waals surface area (Å²) in [6.07, 6.45) is -0.792. The smallest absolute Gasteiger partial charge is 0.345 e. The van der Waals surface area contributed by atoms with Gasteiger partial charge in [0.05, 0.1) is 17.9 Å². The van der Waals surface area contributed by atoms with Gasteiger partial charge in [0, 0.05) is 35.5 Å². The van der Waals surface area contributed by atoms with Crippen LogP contribution in [0, 0.1) is 6.92 Å². The number of rotatable bonds is 4. The lowest BCUT2D eigenvalue weighted by atomic mass is 9.97. The summed E-state index contributed by atoms with van der Waals surface area (Å²) in [4.78, 5) is 14.1. The average molecular weight is 400 g/mol. The van der Waals surface area contributed by atoms with E-state index in [4.69, 9.17) is 4.98 Å². The van der Waals surface area contributed by atoms with Crippen LogP contribution in [0.15, 0.2) is 48.7 Å². The molecule has 3 heterocycles. The van der Waals surface area contributed by atoms with Crippen LogP contribution in [0.3, 0.4) is 0 Å².